The number of Topliss-reactive ketones (excluding diaryl/α,β-unsaturated/α-hetero) is 1. The molecule has 1 aromatic heterocycles. The van der Waals surface area contributed by atoms with Crippen LogP contribution in [0, 0.1) is 0 Å². The van der Waals surface area contributed by atoms with Crippen LogP contribution in [0.1, 0.15) is 11.1 Å². The lowest BCUT2D eigenvalue weighted by molar-refractivity contribution is -0.274. The van der Waals surface area contributed by atoms with Gasteiger partial charge in [0.25, 0.3) is 0 Å². The Morgan fingerprint density at radius 3 is 2.15 bits per heavy atom. The molecule has 40 heavy (non-hydrogen) atoms. The zero-order valence-electron chi connectivity index (χ0n) is 21.0. The summed E-state index contributed by atoms with van der Waals surface area (Å²) in [5.74, 6) is 0.397. The van der Waals surface area contributed by atoms with E-state index in [0.29, 0.717) is 22.8 Å². The molecule has 0 aliphatic carbocycles. The maximum Gasteiger partial charge on any atom is 0.573 e. The number of ether oxygens (including phenoxy) is 1. The number of hydrogen-bond donors (Lipinski definition) is 2. The van der Waals surface area contributed by atoms with Gasteiger partial charge in [0.05, 0.1) is 11.4 Å². The smallest absolute Gasteiger partial charge is 0.573 e. The van der Waals surface area contributed by atoms with E-state index in [1.165, 1.54) is 24.3 Å². The molecule has 0 amide bonds. The number of benzene rings is 3. The lowest BCUT2D eigenvalue weighted by atomic mass is 10.0. The average Bonchev–Trinajstić information content (AvgIpc) is 2.90. The normalized spacial score (nSPS) is 11.9. The number of ketones is 1. The summed E-state index contributed by atoms with van der Waals surface area (Å²) in [4.78, 5) is 23.1. The van der Waals surface area contributed by atoms with E-state index in [1.807, 2.05) is 36.2 Å². The Kier molecular flexibility index (Phi) is 8.97. The van der Waals surface area contributed by atoms with Gasteiger partial charge < -0.3 is 24.2 Å². The fraction of sp³-hybridized carbons (Fsp3) is 0.148. The van der Waals surface area contributed by atoms with Crippen molar-refractivity contribution in [2.24, 2.45) is 0 Å². The number of carbonyl (C=O) groups is 1. The van der Waals surface area contributed by atoms with Gasteiger partial charge in [-0.15, -0.1) is 13.2 Å². The van der Waals surface area contributed by atoms with Crippen LogP contribution in [-0.2, 0) is 28.9 Å². The van der Waals surface area contributed by atoms with Crippen LogP contribution < -0.4 is 19.7 Å². The molecule has 0 aliphatic heterocycles. The van der Waals surface area contributed by atoms with Gasteiger partial charge in [-0.3, -0.25) is 9.00 Å². The Labute approximate surface area is 230 Å². The van der Waals surface area contributed by atoms with E-state index >= 15 is 0 Å². The summed E-state index contributed by atoms with van der Waals surface area (Å²) in [6.45, 7) is 0. The third kappa shape index (κ3) is 8.25. The first-order valence-electron chi connectivity index (χ1n) is 11.8. The van der Waals surface area contributed by atoms with Gasteiger partial charge in [-0.1, -0.05) is 36.4 Å². The Hall–Kier alpha value is -4.49. The van der Waals surface area contributed by atoms with Crippen LogP contribution in [0.5, 0.6) is 5.75 Å². The van der Waals surface area contributed by atoms with Crippen LogP contribution in [0.4, 0.5) is 42.0 Å². The van der Waals surface area contributed by atoms with Gasteiger partial charge in [0.2, 0.25) is 5.95 Å². The number of aromatic nitrogens is 2. The molecule has 3 aromatic carbocycles. The first-order chi connectivity index (χ1) is 19.1. The van der Waals surface area contributed by atoms with Crippen LogP contribution >= 0.6 is 0 Å². The van der Waals surface area contributed by atoms with E-state index in [-0.39, 0.29) is 30.3 Å². The zero-order valence-corrected chi connectivity index (χ0v) is 21.8. The molecule has 0 bridgehead atoms. The number of anilines is 5. The van der Waals surface area contributed by atoms with E-state index in [2.05, 4.69) is 24.7 Å². The van der Waals surface area contributed by atoms with E-state index in [0.717, 1.165) is 11.3 Å². The van der Waals surface area contributed by atoms with E-state index in [9.17, 15) is 26.7 Å². The highest BCUT2D eigenvalue weighted by molar-refractivity contribution is 7.80. The van der Waals surface area contributed by atoms with Gasteiger partial charge in [-0.05, 0) is 53.6 Å². The second kappa shape index (κ2) is 12.6. The van der Waals surface area contributed by atoms with Crippen LogP contribution in [-0.4, -0.2) is 37.9 Å². The number of para-hydroxylation sites is 2. The van der Waals surface area contributed by atoms with Gasteiger partial charge in [0, 0.05) is 43.0 Å². The number of nitrogens with one attached hydrogen (secondary N) is 2. The second-order valence-electron chi connectivity index (χ2n) is 8.56. The van der Waals surface area contributed by atoms with Gasteiger partial charge in [0.15, 0.2) is 0 Å². The van der Waals surface area contributed by atoms with E-state index in [4.69, 9.17) is 0 Å². The molecule has 4 rings (SSSR count). The van der Waals surface area contributed by atoms with Crippen molar-refractivity contribution in [3.05, 3.63) is 96.2 Å². The highest BCUT2D eigenvalue weighted by Gasteiger charge is 2.31. The zero-order chi connectivity index (χ0) is 28.7. The first-order valence-corrected chi connectivity index (χ1v) is 12.9. The van der Waals surface area contributed by atoms with Crippen molar-refractivity contribution in [2.45, 2.75) is 19.2 Å². The molecule has 2 N–H and O–H groups in total. The maximum atomic E-state index is 12.5. The first kappa shape index (κ1) is 28.5. The molecular formula is C27H23F3N5O4S-. The third-order valence-electron chi connectivity index (χ3n) is 5.63. The standard InChI is InChI=1S/C27H24F3N5O4S/c1-35(25-14-15-31-26(33-25)32-23-4-2-3-5-24(23)34-40(37)38)20-10-6-18(7-11-20)16-21(36)17-19-8-12-22(13-9-19)39-27(28,29)30/h2-15,34H,16-17H2,1H3,(H,37,38)(H,31,32,33)/p-1. The van der Waals surface area contributed by atoms with Gasteiger partial charge >= 0.3 is 6.36 Å². The Morgan fingerprint density at radius 1 is 0.950 bits per heavy atom. The number of rotatable bonds is 11. The maximum absolute atomic E-state index is 12.5. The van der Waals surface area contributed by atoms with Crippen molar-refractivity contribution in [3.8, 4) is 5.75 Å². The van der Waals surface area contributed by atoms with Crippen molar-refractivity contribution in [1.29, 1.82) is 0 Å². The number of nitrogens with zero attached hydrogens (tertiary/aromatic N) is 3. The third-order valence-corrected chi connectivity index (χ3v) is 6.02. The molecule has 0 saturated heterocycles. The van der Waals surface area contributed by atoms with Crippen LogP contribution in [0.2, 0.25) is 0 Å². The highest BCUT2D eigenvalue weighted by atomic mass is 32.2. The second-order valence-corrected chi connectivity index (χ2v) is 9.23. The van der Waals surface area contributed by atoms with Crippen molar-refractivity contribution < 1.29 is 31.5 Å². The lowest BCUT2D eigenvalue weighted by Crippen LogP contribution is -2.17. The summed E-state index contributed by atoms with van der Waals surface area (Å²) < 4.78 is 65.2. The lowest BCUT2D eigenvalue weighted by Gasteiger charge is -2.19. The molecule has 0 aliphatic rings. The Bertz CT molecular complexity index is 1490. The van der Waals surface area contributed by atoms with Crippen molar-refractivity contribution in [1.82, 2.24) is 9.97 Å². The largest absolute Gasteiger partial charge is 0.755 e. The number of hydrogen-bond acceptors (Lipinski definition) is 8. The molecule has 208 valence electrons. The minimum atomic E-state index is -4.77. The molecule has 1 unspecified atom stereocenters. The minimum absolute atomic E-state index is 0.0774. The summed E-state index contributed by atoms with van der Waals surface area (Å²) in [6, 6.07) is 21.0. The molecule has 1 atom stereocenters. The molecule has 9 nitrogen and oxygen atoms in total. The van der Waals surface area contributed by atoms with Gasteiger partial charge in [-0.25, -0.2) is 4.98 Å². The fourth-order valence-corrected chi connectivity index (χ4v) is 4.14. The van der Waals surface area contributed by atoms with Gasteiger partial charge in [0.1, 0.15) is 17.4 Å². The summed E-state index contributed by atoms with van der Waals surface area (Å²) in [6.07, 6.45) is -2.96. The molecule has 0 fully saturated rings. The van der Waals surface area contributed by atoms with Crippen molar-refractivity contribution in [2.75, 3.05) is 22.0 Å². The van der Waals surface area contributed by atoms with Crippen LogP contribution in [0.25, 0.3) is 0 Å². The quantitative estimate of drug-likeness (QED) is 0.229. The molecule has 13 heteroatoms. The molecular weight excluding hydrogens is 547 g/mol. The summed E-state index contributed by atoms with van der Waals surface area (Å²) in [7, 11) is 1.81. The predicted octanol–water partition coefficient (Wildman–Crippen LogP) is 5.45. The Morgan fingerprint density at radius 2 is 1.55 bits per heavy atom. The van der Waals surface area contributed by atoms with Gasteiger partial charge in [-0.2, -0.15) is 4.98 Å². The SMILES string of the molecule is CN(c1ccc(CC(=O)Cc2ccc(OC(F)(F)F)cc2)cc1)c1ccnc(Nc2ccccc2NS(=O)[O-])n1. The van der Waals surface area contributed by atoms with E-state index < -0.39 is 17.6 Å². The Balaban J connectivity index is 1.37. The number of halogens is 3. The topological polar surface area (TPSA) is 120 Å². The van der Waals surface area contributed by atoms with Crippen LogP contribution in [0.3, 0.4) is 0 Å². The monoisotopic (exact) mass is 570 g/mol. The highest BCUT2D eigenvalue weighted by Crippen LogP contribution is 2.27. The summed E-state index contributed by atoms with van der Waals surface area (Å²) in [5, 5.41) is 3.01. The van der Waals surface area contributed by atoms with E-state index in [1.54, 1.807) is 36.5 Å². The van der Waals surface area contributed by atoms with Crippen molar-refractivity contribution in [3.63, 3.8) is 0 Å². The molecule has 0 radical (unpaired) electrons. The summed E-state index contributed by atoms with van der Waals surface area (Å²) in [5.41, 5.74) is 2.99. The molecule has 0 spiro atoms. The predicted molar refractivity (Wildman–Crippen MR) is 144 cm³/mol. The summed E-state index contributed by atoms with van der Waals surface area (Å²) >= 11 is -2.49. The fourth-order valence-electron chi connectivity index (χ4n) is 3.78. The molecule has 1 heterocycles. The van der Waals surface area contributed by atoms with Crippen molar-refractivity contribution >= 4 is 45.9 Å². The molecule has 0 saturated carbocycles. The average molecular weight is 571 g/mol. The molecule has 4 aromatic rings. The van der Waals surface area contributed by atoms with Crippen LogP contribution in [0.15, 0.2) is 85.1 Å². The number of carbonyl (C=O) groups excluding carboxylic acids is 1. The number of alkyl halides is 3. The minimum Gasteiger partial charge on any atom is -0.755 e.